The fraction of sp³-hybridized carbons (Fsp3) is 0.300. The maximum absolute atomic E-state index is 10.6. The number of rotatable bonds is 4. The van der Waals surface area contributed by atoms with Crippen molar-refractivity contribution >= 4 is 5.91 Å². The highest BCUT2D eigenvalue weighted by Crippen LogP contribution is 2.22. The van der Waals surface area contributed by atoms with Crippen molar-refractivity contribution in [3.05, 3.63) is 23.8 Å². The lowest BCUT2D eigenvalue weighted by molar-refractivity contribution is -0.118. The van der Waals surface area contributed by atoms with Crippen molar-refractivity contribution in [1.29, 1.82) is 0 Å². The van der Waals surface area contributed by atoms with Crippen LogP contribution >= 0.6 is 0 Å². The van der Waals surface area contributed by atoms with Gasteiger partial charge in [-0.15, -0.1) is 0 Å². The summed E-state index contributed by atoms with van der Waals surface area (Å²) in [6.07, 6.45) is 0.0769. The van der Waals surface area contributed by atoms with Crippen LogP contribution in [0.4, 0.5) is 0 Å². The molecule has 0 bridgehead atoms. The zero-order valence-corrected chi connectivity index (χ0v) is 8.16. The third-order valence-electron chi connectivity index (χ3n) is 1.78. The molecule has 1 aromatic rings. The van der Waals surface area contributed by atoms with Crippen LogP contribution in [0.15, 0.2) is 18.2 Å². The SMILES string of the molecule is COc1cc(CC([NH])=O)cc(OC)c1. The molecule has 0 heterocycles. The van der Waals surface area contributed by atoms with Crippen LogP contribution in [0, 0.1) is 0 Å². The van der Waals surface area contributed by atoms with Crippen molar-refractivity contribution in [2.24, 2.45) is 0 Å². The van der Waals surface area contributed by atoms with Crippen molar-refractivity contribution in [3.8, 4) is 11.5 Å². The minimum Gasteiger partial charge on any atom is -0.497 e. The Morgan fingerprint density at radius 2 is 1.71 bits per heavy atom. The van der Waals surface area contributed by atoms with Gasteiger partial charge < -0.3 is 9.47 Å². The molecule has 1 radical (unpaired) electrons. The molecule has 4 nitrogen and oxygen atoms in total. The number of nitrogens with one attached hydrogen (secondary N) is 1. The first kappa shape index (κ1) is 10.4. The molecule has 1 N–H and O–H groups in total. The molecular weight excluding hydrogens is 182 g/mol. The number of benzene rings is 1. The molecule has 0 aliphatic rings. The van der Waals surface area contributed by atoms with E-state index >= 15 is 0 Å². The maximum atomic E-state index is 10.6. The molecule has 0 aromatic heterocycles. The number of hydrogen-bond acceptors (Lipinski definition) is 3. The molecule has 1 rings (SSSR count). The molecule has 0 aliphatic heterocycles. The number of hydrogen-bond donors (Lipinski definition) is 0. The van der Waals surface area contributed by atoms with Gasteiger partial charge in [-0.1, -0.05) is 0 Å². The summed E-state index contributed by atoms with van der Waals surface area (Å²) in [5.74, 6) is 0.626. The summed E-state index contributed by atoms with van der Waals surface area (Å²) in [7, 11) is 3.09. The number of amides is 1. The molecule has 0 saturated carbocycles. The van der Waals surface area contributed by atoms with E-state index < -0.39 is 5.91 Å². The third-order valence-corrected chi connectivity index (χ3v) is 1.78. The molecule has 0 aliphatic carbocycles. The lowest BCUT2D eigenvalue weighted by atomic mass is 10.1. The number of carbonyl (C=O) groups excluding carboxylic acids is 1. The molecule has 4 heteroatoms. The van der Waals surface area contributed by atoms with Gasteiger partial charge in [0.05, 0.1) is 20.6 Å². The Bertz CT molecular complexity index is 314. The first-order valence-corrected chi connectivity index (χ1v) is 4.12. The number of methoxy groups -OCH3 is 2. The van der Waals surface area contributed by atoms with E-state index in [9.17, 15) is 4.79 Å². The standard InChI is InChI=1S/C10H12NO3/c1-13-8-3-7(5-10(11)12)4-9(6-8)14-2/h3-4,6,11H,5H2,1-2H3. The number of ether oxygens (including phenoxy) is 2. The summed E-state index contributed by atoms with van der Waals surface area (Å²) in [4.78, 5) is 10.6. The van der Waals surface area contributed by atoms with E-state index in [1.165, 1.54) is 0 Å². The minimum absolute atomic E-state index is 0.0769. The molecule has 0 spiro atoms. The average molecular weight is 194 g/mol. The Morgan fingerprint density at radius 1 is 1.21 bits per heavy atom. The van der Waals surface area contributed by atoms with Gasteiger partial charge in [-0.05, 0) is 17.7 Å². The Hall–Kier alpha value is -1.71. The van der Waals surface area contributed by atoms with E-state index in [1.807, 2.05) is 0 Å². The van der Waals surface area contributed by atoms with E-state index in [1.54, 1.807) is 32.4 Å². The molecule has 75 valence electrons. The Balaban J connectivity index is 2.98. The first-order valence-electron chi connectivity index (χ1n) is 4.12. The normalized spacial score (nSPS) is 9.57. The maximum Gasteiger partial charge on any atom is 0.242 e. The highest BCUT2D eigenvalue weighted by molar-refractivity contribution is 5.76. The van der Waals surface area contributed by atoms with E-state index in [-0.39, 0.29) is 6.42 Å². The van der Waals surface area contributed by atoms with Gasteiger partial charge in [0, 0.05) is 6.07 Å². The monoisotopic (exact) mass is 194 g/mol. The fourth-order valence-corrected chi connectivity index (χ4v) is 1.15. The lowest BCUT2D eigenvalue weighted by Gasteiger charge is -2.06. The summed E-state index contributed by atoms with van der Waals surface area (Å²) in [5.41, 5.74) is 7.57. The van der Waals surface area contributed by atoms with E-state index in [0.717, 1.165) is 5.56 Å². The van der Waals surface area contributed by atoms with Gasteiger partial charge >= 0.3 is 0 Å². The highest BCUT2D eigenvalue weighted by atomic mass is 16.5. The summed E-state index contributed by atoms with van der Waals surface area (Å²) in [6.45, 7) is 0. The van der Waals surface area contributed by atoms with E-state index in [4.69, 9.17) is 15.2 Å². The average Bonchev–Trinajstić information content (AvgIpc) is 2.16. The summed E-state index contributed by atoms with van der Waals surface area (Å²) in [6, 6.07) is 5.15. The fourth-order valence-electron chi connectivity index (χ4n) is 1.15. The van der Waals surface area contributed by atoms with Crippen molar-refractivity contribution in [3.63, 3.8) is 0 Å². The molecular formula is C10H12NO3. The molecule has 1 amide bonds. The molecule has 0 atom stereocenters. The van der Waals surface area contributed by atoms with Gasteiger partial charge in [-0.2, -0.15) is 0 Å². The molecule has 0 fully saturated rings. The van der Waals surface area contributed by atoms with Gasteiger partial charge in [0.15, 0.2) is 0 Å². The van der Waals surface area contributed by atoms with Crippen LogP contribution in [-0.4, -0.2) is 20.1 Å². The minimum atomic E-state index is -0.625. The zero-order chi connectivity index (χ0) is 10.6. The Labute approximate surface area is 82.6 Å². The van der Waals surface area contributed by atoms with E-state index in [0.29, 0.717) is 11.5 Å². The lowest BCUT2D eigenvalue weighted by Crippen LogP contribution is -2.02. The third kappa shape index (κ3) is 2.65. The quantitative estimate of drug-likeness (QED) is 0.719. The Morgan fingerprint density at radius 3 is 2.07 bits per heavy atom. The molecule has 0 unspecified atom stereocenters. The summed E-state index contributed by atoms with van der Waals surface area (Å²) >= 11 is 0. The van der Waals surface area contributed by atoms with Crippen LogP contribution in [0.5, 0.6) is 11.5 Å². The van der Waals surface area contributed by atoms with Crippen molar-refractivity contribution in [1.82, 2.24) is 5.73 Å². The van der Waals surface area contributed by atoms with Crippen LogP contribution in [0.2, 0.25) is 0 Å². The van der Waals surface area contributed by atoms with Crippen LogP contribution < -0.4 is 15.2 Å². The molecule has 0 saturated heterocycles. The summed E-state index contributed by atoms with van der Waals surface area (Å²) in [5, 5.41) is 0. The number of carbonyl (C=O) groups is 1. The Kier molecular flexibility index (Phi) is 3.34. The predicted molar refractivity (Wildman–Crippen MR) is 51.4 cm³/mol. The smallest absolute Gasteiger partial charge is 0.242 e. The first-order chi connectivity index (χ1) is 6.65. The van der Waals surface area contributed by atoms with Gasteiger partial charge in [-0.25, -0.2) is 0 Å². The van der Waals surface area contributed by atoms with Crippen LogP contribution in [0.25, 0.3) is 0 Å². The van der Waals surface area contributed by atoms with Crippen molar-refractivity contribution in [2.45, 2.75) is 6.42 Å². The van der Waals surface area contributed by atoms with Crippen molar-refractivity contribution < 1.29 is 14.3 Å². The second-order valence-corrected chi connectivity index (χ2v) is 2.82. The van der Waals surface area contributed by atoms with Gasteiger partial charge in [0.2, 0.25) is 5.91 Å². The van der Waals surface area contributed by atoms with Crippen LogP contribution in [-0.2, 0) is 11.2 Å². The van der Waals surface area contributed by atoms with Crippen LogP contribution in [0.1, 0.15) is 5.56 Å². The molecule has 14 heavy (non-hydrogen) atoms. The molecule has 1 aromatic carbocycles. The van der Waals surface area contributed by atoms with Gasteiger partial charge in [-0.3, -0.25) is 10.5 Å². The largest absolute Gasteiger partial charge is 0.497 e. The second-order valence-electron chi connectivity index (χ2n) is 2.82. The van der Waals surface area contributed by atoms with Crippen molar-refractivity contribution in [2.75, 3.05) is 14.2 Å². The topological polar surface area (TPSA) is 59.3 Å². The van der Waals surface area contributed by atoms with E-state index in [2.05, 4.69) is 0 Å². The van der Waals surface area contributed by atoms with Gasteiger partial charge in [0.1, 0.15) is 11.5 Å². The van der Waals surface area contributed by atoms with Gasteiger partial charge in [0.25, 0.3) is 0 Å². The zero-order valence-electron chi connectivity index (χ0n) is 8.16. The summed E-state index contributed by atoms with van der Waals surface area (Å²) < 4.78 is 10.1. The predicted octanol–water partition coefficient (Wildman–Crippen LogP) is 1.06. The highest BCUT2D eigenvalue weighted by Gasteiger charge is 2.04. The van der Waals surface area contributed by atoms with Crippen LogP contribution in [0.3, 0.4) is 0 Å². The second kappa shape index (κ2) is 4.50.